The maximum atomic E-state index is 11.9. The first-order chi connectivity index (χ1) is 11.2. The van der Waals surface area contributed by atoms with Crippen LogP contribution in [0.3, 0.4) is 0 Å². The number of esters is 1. The molecule has 1 N–H and O–H groups in total. The van der Waals surface area contributed by atoms with Gasteiger partial charge >= 0.3 is 5.97 Å². The number of benzene rings is 1. The van der Waals surface area contributed by atoms with Crippen LogP contribution in [0.25, 0.3) is 0 Å². The molecule has 4 nitrogen and oxygen atoms in total. The van der Waals surface area contributed by atoms with Crippen LogP contribution in [-0.2, 0) is 27.4 Å². The Kier molecular flexibility index (Phi) is 7.06. The lowest BCUT2D eigenvalue weighted by molar-refractivity contribution is -0.149. The molecule has 1 aromatic rings. The third-order valence-corrected chi connectivity index (χ3v) is 4.76. The fraction of sp³-hybridized carbons (Fsp3) is 0.632. The topological polar surface area (TPSA) is 47.6 Å². The highest BCUT2D eigenvalue weighted by molar-refractivity contribution is 5.72. The maximum absolute atomic E-state index is 11.9. The van der Waals surface area contributed by atoms with E-state index in [-0.39, 0.29) is 11.9 Å². The van der Waals surface area contributed by atoms with Crippen molar-refractivity contribution >= 4 is 5.97 Å². The van der Waals surface area contributed by atoms with Crippen LogP contribution in [0.2, 0.25) is 0 Å². The maximum Gasteiger partial charge on any atom is 0.308 e. The van der Waals surface area contributed by atoms with Gasteiger partial charge in [0.1, 0.15) is 0 Å². The molecule has 4 heteroatoms. The molecule has 0 radical (unpaired) electrons. The molecule has 3 atom stereocenters. The molecule has 0 unspecified atom stereocenters. The number of hydrogen-bond donors (Lipinski definition) is 1. The molecule has 1 aliphatic carbocycles. The van der Waals surface area contributed by atoms with E-state index < -0.39 is 0 Å². The van der Waals surface area contributed by atoms with E-state index in [9.17, 15) is 4.79 Å². The summed E-state index contributed by atoms with van der Waals surface area (Å²) >= 11 is 0. The van der Waals surface area contributed by atoms with Crippen LogP contribution in [0.15, 0.2) is 24.3 Å². The van der Waals surface area contributed by atoms with Crippen molar-refractivity contribution in [2.75, 3.05) is 13.7 Å². The number of carbonyl (C=O) groups is 1. The molecule has 0 aromatic heterocycles. The van der Waals surface area contributed by atoms with Crippen LogP contribution in [0, 0.1) is 11.8 Å². The molecule has 0 amide bonds. The summed E-state index contributed by atoms with van der Waals surface area (Å²) < 4.78 is 10.4. The number of nitrogens with one attached hydrogen (secondary N) is 1. The summed E-state index contributed by atoms with van der Waals surface area (Å²) in [5.74, 6) is 0.528. The van der Waals surface area contributed by atoms with Crippen molar-refractivity contribution < 1.29 is 14.3 Å². The summed E-state index contributed by atoms with van der Waals surface area (Å²) in [7, 11) is 1.73. The second kappa shape index (κ2) is 9.04. The summed E-state index contributed by atoms with van der Waals surface area (Å²) in [5.41, 5.74) is 2.52. The summed E-state index contributed by atoms with van der Waals surface area (Å²) in [5, 5.41) is 3.67. The molecule has 0 heterocycles. The Bertz CT molecular complexity index is 503. The zero-order chi connectivity index (χ0) is 16.7. The summed E-state index contributed by atoms with van der Waals surface area (Å²) in [6.07, 6.45) is 2.86. The lowest BCUT2D eigenvalue weighted by Gasteiger charge is -2.34. The van der Waals surface area contributed by atoms with Crippen LogP contribution in [0.5, 0.6) is 0 Å². The van der Waals surface area contributed by atoms with Crippen LogP contribution < -0.4 is 5.32 Å². The quantitative estimate of drug-likeness (QED) is 0.784. The molecular formula is C19H29NO3. The predicted octanol–water partition coefficient (Wildman–Crippen LogP) is 3.29. The molecule has 0 saturated heterocycles. The summed E-state index contributed by atoms with van der Waals surface area (Å²) in [6.45, 7) is 6.05. The van der Waals surface area contributed by atoms with Crippen LogP contribution in [0.4, 0.5) is 0 Å². The van der Waals surface area contributed by atoms with Gasteiger partial charge in [-0.1, -0.05) is 31.2 Å². The van der Waals surface area contributed by atoms with Gasteiger partial charge in [-0.25, -0.2) is 0 Å². The molecule has 1 saturated carbocycles. The van der Waals surface area contributed by atoms with Crippen molar-refractivity contribution in [3.63, 3.8) is 0 Å². The third-order valence-electron chi connectivity index (χ3n) is 4.76. The second-order valence-corrected chi connectivity index (χ2v) is 6.43. The standard InChI is InChI=1S/C19H29NO3/c1-4-23-19(21)15-9-10-18(14(2)11-15)20-12-16-7-5-6-8-17(16)13-22-3/h5-8,14-15,18,20H,4,9-13H2,1-3H3/t14-,15+,18-/m0/s1. The first kappa shape index (κ1) is 18.0. The van der Waals surface area contributed by atoms with Gasteiger partial charge in [0.2, 0.25) is 0 Å². The molecule has 2 rings (SSSR count). The van der Waals surface area contributed by atoms with E-state index in [0.29, 0.717) is 25.2 Å². The summed E-state index contributed by atoms with van der Waals surface area (Å²) in [4.78, 5) is 11.9. The SMILES string of the molecule is CCOC(=O)[C@@H]1CC[C@H](NCc2ccccc2COC)[C@@H](C)C1. The molecular weight excluding hydrogens is 290 g/mol. The molecule has 0 spiro atoms. The van der Waals surface area contributed by atoms with Gasteiger partial charge in [-0.15, -0.1) is 0 Å². The largest absolute Gasteiger partial charge is 0.466 e. The Labute approximate surface area is 139 Å². The first-order valence-electron chi connectivity index (χ1n) is 8.61. The molecule has 23 heavy (non-hydrogen) atoms. The zero-order valence-corrected chi connectivity index (χ0v) is 14.5. The first-order valence-corrected chi connectivity index (χ1v) is 8.61. The average Bonchev–Trinajstić information content (AvgIpc) is 2.55. The molecule has 128 valence electrons. The minimum Gasteiger partial charge on any atom is -0.466 e. The minimum absolute atomic E-state index is 0.0248. The number of hydrogen-bond acceptors (Lipinski definition) is 4. The van der Waals surface area contributed by atoms with Crippen LogP contribution in [0.1, 0.15) is 44.2 Å². The van der Waals surface area contributed by atoms with Crippen molar-refractivity contribution in [3.8, 4) is 0 Å². The van der Waals surface area contributed by atoms with Gasteiger partial charge in [0.05, 0.1) is 19.1 Å². The third kappa shape index (κ3) is 5.05. The van der Waals surface area contributed by atoms with Crippen molar-refractivity contribution in [3.05, 3.63) is 35.4 Å². The fourth-order valence-electron chi connectivity index (χ4n) is 3.44. The number of carbonyl (C=O) groups excluding carboxylic acids is 1. The van der Waals surface area contributed by atoms with E-state index in [1.807, 2.05) is 13.0 Å². The van der Waals surface area contributed by atoms with E-state index in [1.54, 1.807) is 7.11 Å². The van der Waals surface area contributed by atoms with Crippen molar-refractivity contribution in [1.82, 2.24) is 5.32 Å². The van der Waals surface area contributed by atoms with Gasteiger partial charge in [0.15, 0.2) is 0 Å². The van der Waals surface area contributed by atoms with Gasteiger partial charge in [-0.2, -0.15) is 0 Å². The lowest BCUT2D eigenvalue weighted by atomic mass is 9.79. The van der Waals surface area contributed by atoms with Crippen LogP contribution >= 0.6 is 0 Å². The lowest BCUT2D eigenvalue weighted by Crippen LogP contribution is -2.41. The normalized spacial score (nSPS) is 24.4. The highest BCUT2D eigenvalue weighted by atomic mass is 16.5. The predicted molar refractivity (Wildman–Crippen MR) is 90.9 cm³/mol. The molecule has 0 aliphatic heterocycles. The Morgan fingerprint density at radius 1 is 1.26 bits per heavy atom. The van der Waals surface area contributed by atoms with Crippen LogP contribution in [-0.4, -0.2) is 25.7 Å². The number of rotatable bonds is 7. The Balaban J connectivity index is 1.87. The smallest absolute Gasteiger partial charge is 0.308 e. The van der Waals surface area contributed by atoms with Crippen molar-refractivity contribution in [2.45, 2.75) is 52.3 Å². The molecule has 1 aliphatic rings. The van der Waals surface area contributed by atoms with Crippen molar-refractivity contribution in [1.29, 1.82) is 0 Å². The second-order valence-electron chi connectivity index (χ2n) is 6.43. The molecule has 1 fully saturated rings. The van der Waals surface area contributed by atoms with E-state index in [2.05, 4.69) is 30.4 Å². The molecule has 0 bridgehead atoms. The van der Waals surface area contributed by atoms with E-state index >= 15 is 0 Å². The van der Waals surface area contributed by atoms with Crippen molar-refractivity contribution in [2.24, 2.45) is 11.8 Å². The summed E-state index contributed by atoms with van der Waals surface area (Å²) in [6, 6.07) is 8.83. The number of ether oxygens (including phenoxy) is 2. The van der Waals surface area contributed by atoms with Gasteiger partial charge in [0.25, 0.3) is 0 Å². The Morgan fingerprint density at radius 2 is 2.00 bits per heavy atom. The van der Waals surface area contributed by atoms with Gasteiger partial charge in [0, 0.05) is 19.7 Å². The highest BCUT2D eigenvalue weighted by Crippen LogP contribution is 2.30. The average molecular weight is 319 g/mol. The zero-order valence-electron chi connectivity index (χ0n) is 14.5. The number of methoxy groups -OCH3 is 1. The van der Waals surface area contributed by atoms with E-state index in [1.165, 1.54) is 11.1 Å². The minimum atomic E-state index is -0.0248. The Morgan fingerprint density at radius 3 is 2.65 bits per heavy atom. The van der Waals surface area contributed by atoms with Gasteiger partial charge in [-0.05, 0) is 43.2 Å². The van der Waals surface area contributed by atoms with E-state index in [0.717, 1.165) is 25.8 Å². The Hall–Kier alpha value is -1.39. The fourth-order valence-corrected chi connectivity index (χ4v) is 3.44. The van der Waals surface area contributed by atoms with Gasteiger partial charge in [-0.3, -0.25) is 4.79 Å². The van der Waals surface area contributed by atoms with E-state index in [4.69, 9.17) is 9.47 Å². The molecule has 1 aromatic carbocycles. The van der Waals surface area contributed by atoms with Gasteiger partial charge < -0.3 is 14.8 Å². The highest BCUT2D eigenvalue weighted by Gasteiger charge is 2.31. The monoisotopic (exact) mass is 319 g/mol.